The summed E-state index contributed by atoms with van der Waals surface area (Å²) in [7, 11) is 1.54. The van der Waals surface area contributed by atoms with Gasteiger partial charge in [-0.2, -0.15) is 5.26 Å². The van der Waals surface area contributed by atoms with Gasteiger partial charge < -0.3 is 10.1 Å². The van der Waals surface area contributed by atoms with Gasteiger partial charge in [-0.1, -0.05) is 12.1 Å². The van der Waals surface area contributed by atoms with Crippen molar-refractivity contribution in [3.63, 3.8) is 0 Å². The number of amides is 1. The quantitative estimate of drug-likeness (QED) is 0.470. The number of Topliss-reactive ketones (excluding diaryl/α,β-unsaturated/α-hetero) is 1. The summed E-state index contributed by atoms with van der Waals surface area (Å²) < 4.78 is 18.3. The Morgan fingerprint density at radius 3 is 2.76 bits per heavy atom. The highest BCUT2D eigenvalue weighted by molar-refractivity contribution is 6.12. The summed E-state index contributed by atoms with van der Waals surface area (Å²) in [5.41, 5.74) is 0.403. The average Bonchev–Trinajstić information content (AvgIpc) is 2.47. The lowest BCUT2D eigenvalue weighted by atomic mass is 9.97. The summed E-state index contributed by atoms with van der Waals surface area (Å²) in [4.78, 5) is 23.9. The highest BCUT2D eigenvalue weighted by Gasteiger charge is 2.27. The zero-order valence-electron chi connectivity index (χ0n) is 12.0. The molecule has 1 N–H and O–H groups in total. The van der Waals surface area contributed by atoms with Crippen LogP contribution in [0, 0.1) is 30.0 Å². The van der Waals surface area contributed by atoms with Gasteiger partial charge in [-0.15, -0.1) is 0 Å². The van der Waals surface area contributed by atoms with Crippen LogP contribution in [0.15, 0.2) is 18.2 Å². The van der Waals surface area contributed by atoms with E-state index in [0.717, 1.165) is 6.07 Å². The maximum absolute atomic E-state index is 13.4. The molecule has 1 aromatic carbocycles. The first-order valence-electron chi connectivity index (χ1n) is 6.48. The summed E-state index contributed by atoms with van der Waals surface area (Å²) in [6.07, 6.45) is 0.577. The Morgan fingerprint density at radius 1 is 1.48 bits per heavy atom. The van der Waals surface area contributed by atoms with Gasteiger partial charge in [-0.25, -0.2) is 4.39 Å². The van der Waals surface area contributed by atoms with Crippen molar-refractivity contribution in [3.05, 3.63) is 35.1 Å². The van der Waals surface area contributed by atoms with E-state index in [4.69, 9.17) is 10.00 Å². The summed E-state index contributed by atoms with van der Waals surface area (Å²) in [5, 5.41) is 11.5. The van der Waals surface area contributed by atoms with E-state index in [1.54, 1.807) is 13.0 Å². The first kappa shape index (κ1) is 16.8. The molecule has 0 aromatic heterocycles. The first-order chi connectivity index (χ1) is 10.0. The Labute approximate surface area is 122 Å². The lowest BCUT2D eigenvalue weighted by molar-refractivity contribution is -0.122. The van der Waals surface area contributed by atoms with Gasteiger partial charge in [0.15, 0.2) is 11.7 Å². The van der Waals surface area contributed by atoms with Crippen LogP contribution in [-0.2, 0) is 9.53 Å². The molecule has 0 aliphatic heterocycles. The summed E-state index contributed by atoms with van der Waals surface area (Å²) in [6.45, 7) is 2.34. The molecular weight excluding hydrogens is 275 g/mol. The molecule has 0 aliphatic carbocycles. The normalized spacial score (nSPS) is 11.5. The number of benzene rings is 1. The second kappa shape index (κ2) is 8.12. The maximum atomic E-state index is 13.4. The maximum Gasteiger partial charge on any atom is 0.245 e. The van der Waals surface area contributed by atoms with Crippen LogP contribution in [0.25, 0.3) is 0 Å². The van der Waals surface area contributed by atoms with Crippen molar-refractivity contribution in [3.8, 4) is 6.07 Å². The van der Waals surface area contributed by atoms with Crippen molar-refractivity contribution in [2.75, 3.05) is 20.3 Å². The van der Waals surface area contributed by atoms with Crippen LogP contribution in [-0.4, -0.2) is 32.0 Å². The number of nitrogens with one attached hydrogen (secondary N) is 1. The smallest absolute Gasteiger partial charge is 0.245 e. The Kier molecular flexibility index (Phi) is 6.50. The number of carbonyl (C=O) groups excluding carboxylic acids is 2. The highest BCUT2D eigenvalue weighted by atomic mass is 19.1. The minimum absolute atomic E-state index is 0.0108. The molecule has 0 unspecified atom stereocenters. The summed E-state index contributed by atoms with van der Waals surface area (Å²) >= 11 is 0. The van der Waals surface area contributed by atoms with Gasteiger partial charge in [-0.05, 0) is 25.0 Å². The molecule has 0 spiro atoms. The Morgan fingerprint density at radius 2 is 2.19 bits per heavy atom. The molecule has 21 heavy (non-hydrogen) atoms. The zero-order valence-corrected chi connectivity index (χ0v) is 12.0. The van der Waals surface area contributed by atoms with Gasteiger partial charge in [0.05, 0.1) is 6.07 Å². The van der Waals surface area contributed by atoms with Gasteiger partial charge in [0.1, 0.15) is 5.82 Å². The second-order valence-electron chi connectivity index (χ2n) is 4.53. The molecule has 1 atom stereocenters. The predicted octanol–water partition coefficient (Wildman–Crippen LogP) is 1.61. The molecule has 0 fully saturated rings. The van der Waals surface area contributed by atoms with Crippen molar-refractivity contribution < 1.29 is 18.7 Å². The van der Waals surface area contributed by atoms with E-state index < -0.39 is 23.4 Å². The molecule has 1 aromatic rings. The first-order valence-corrected chi connectivity index (χ1v) is 6.48. The molecule has 0 bridgehead atoms. The van der Waals surface area contributed by atoms with E-state index in [1.807, 2.05) is 0 Å². The van der Waals surface area contributed by atoms with Gasteiger partial charge in [0, 0.05) is 25.8 Å². The fourth-order valence-corrected chi connectivity index (χ4v) is 1.68. The van der Waals surface area contributed by atoms with Crippen molar-refractivity contribution >= 4 is 11.7 Å². The number of hydrogen-bond acceptors (Lipinski definition) is 4. The van der Waals surface area contributed by atoms with Crippen LogP contribution >= 0.6 is 0 Å². The largest absolute Gasteiger partial charge is 0.385 e. The topological polar surface area (TPSA) is 79.2 Å². The van der Waals surface area contributed by atoms with Gasteiger partial charge >= 0.3 is 0 Å². The SMILES string of the molecule is COCCCNC(=O)[C@H](C#N)C(=O)c1ccc(C)c(F)c1. The number of methoxy groups -OCH3 is 1. The number of ketones is 1. The number of aryl methyl sites for hydroxylation is 1. The van der Waals surface area contributed by atoms with E-state index in [0.29, 0.717) is 25.1 Å². The van der Waals surface area contributed by atoms with Gasteiger partial charge in [-0.3, -0.25) is 9.59 Å². The van der Waals surface area contributed by atoms with E-state index in [-0.39, 0.29) is 5.56 Å². The monoisotopic (exact) mass is 292 g/mol. The van der Waals surface area contributed by atoms with Crippen molar-refractivity contribution in [2.24, 2.45) is 5.92 Å². The molecule has 0 saturated carbocycles. The minimum Gasteiger partial charge on any atom is -0.385 e. The molecule has 0 radical (unpaired) electrons. The van der Waals surface area contributed by atoms with Crippen LogP contribution in [0.2, 0.25) is 0 Å². The molecule has 1 rings (SSSR count). The van der Waals surface area contributed by atoms with E-state index in [1.165, 1.54) is 19.2 Å². The molecule has 1 amide bonds. The van der Waals surface area contributed by atoms with Crippen molar-refractivity contribution in [2.45, 2.75) is 13.3 Å². The standard InChI is InChI=1S/C15H17FN2O3/c1-10-4-5-11(8-13(10)16)14(19)12(9-17)15(20)18-6-3-7-21-2/h4-5,8,12H,3,6-7H2,1-2H3,(H,18,20)/t12-/m1/s1. The molecule has 0 aliphatic rings. The number of rotatable bonds is 7. The zero-order chi connectivity index (χ0) is 15.8. The summed E-state index contributed by atoms with van der Waals surface area (Å²) in [6, 6.07) is 5.55. The number of hydrogen-bond donors (Lipinski definition) is 1. The predicted molar refractivity (Wildman–Crippen MR) is 74.1 cm³/mol. The van der Waals surface area contributed by atoms with Gasteiger partial charge in [0.25, 0.3) is 0 Å². The fraction of sp³-hybridized carbons (Fsp3) is 0.400. The lowest BCUT2D eigenvalue weighted by Crippen LogP contribution is -2.35. The van der Waals surface area contributed by atoms with Gasteiger partial charge in [0.2, 0.25) is 5.91 Å². The number of ether oxygens (including phenoxy) is 1. The number of carbonyl (C=O) groups is 2. The third-order valence-electron chi connectivity index (χ3n) is 2.93. The van der Waals surface area contributed by atoms with Crippen LogP contribution in [0.5, 0.6) is 0 Å². The van der Waals surface area contributed by atoms with Crippen molar-refractivity contribution in [1.82, 2.24) is 5.32 Å². The number of nitrogens with zero attached hydrogens (tertiary/aromatic N) is 1. The third kappa shape index (κ3) is 4.65. The third-order valence-corrected chi connectivity index (χ3v) is 2.93. The molecular formula is C15H17FN2O3. The lowest BCUT2D eigenvalue weighted by Gasteiger charge is -2.10. The second-order valence-corrected chi connectivity index (χ2v) is 4.53. The Balaban J connectivity index is 2.75. The molecule has 0 saturated heterocycles. The summed E-state index contributed by atoms with van der Waals surface area (Å²) in [5.74, 6) is -3.41. The highest BCUT2D eigenvalue weighted by Crippen LogP contribution is 2.13. The van der Waals surface area contributed by atoms with Crippen LogP contribution < -0.4 is 5.32 Å². The molecule has 5 nitrogen and oxygen atoms in total. The molecule has 6 heteroatoms. The Bertz CT molecular complexity index is 567. The van der Waals surface area contributed by atoms with E-state index in [2.05, 4.69) is 5.32 Å². The molecule has 0 heterocycles. The van der Waals surface area contributed by atoms with Crippen molar-refractivity contribution in [1.29, 1.82) is 5.26 Å². The number of nitriles is 1. The number of halogens is 1. The van der Waals surface area contributed by atoms with E-state index in [9.17, 15) is 14.0 Å². The molecule has 112 valence electrons. The van der Waals surface area contributed by atoms with E-state index >= 15 is 0 Å². The van der Waals surface area contributed by atoms with Crippen LogP contribution in [0.4, 0.5) is 4.39 Å². The fourth-order valence-electron chi connectivity index (χ4n) is 1.68. The minimum atomic E-state index is -1.48. The average molecular weight is 292 g/mol. The van der Waals surface area contributed by atoms with Crippen LogP contribution in [0.1, 0.15) is 22.3 Å². The Hall–Kier alpha value is -2.26. The van der Waals surface area contributed by atoms with Crippen LogP contribution in [0.3, 0.4) is 0 Å².